The Bertz CT molecular complexity index is 38.7. The van der Waals surface area contributed by atoms with Crippen LogP contribution < -0.4 is 0 Å². The Hall–Kier alpha value is 0.786. The van der Waals surface area contributed by atoms with E-state index < -0.39 is 5.97 Å². The number of hydrogen-bond donors (Lipinski definition) is 1. The van der Waals surface area contributed by atoms with Crippen molar-refractivity contribution < 1.29 is 43.7 Å². The summed E-state index contributed by atoms with van der Waals surface area (Å²) in [5, 5.41) is 7.42. The summed E-state index contributed by atoms with van der Waals surface area (Å²) in [7, 11) is 0. The molecule has 7 heavy (non-hydrogen) atoms. The van der Waals surface area contributed by atoms with Gasteiger partial charge in [0.05, 0.1) is 0 Å². The van der Waals surface area contributed by atoms with Gasteiger partial charge in [-0.05, 0) is 0 Å². The van der Waals surface area contributed by atoms with Crippen LogP contribution in [0.5, 0.6) is 0 Å². The average Bonchev–Trinajstić information content (AvgIpc) is 0.811. The van der Waals surface area contributed by atoms with Gasteiger partial charge in [0, 0.05) is 40.8 Å². The third-order valence-corrected chi connectivity index (χ3v) is 0. The van der Waals surface area contributed by atoms with Gasteiger partial charge in [0.25, 0.3) is 5.97 Å². The number of aliphatic carboxylic acids is 1. The normalized spacial score (nSPS) is 3.57. The van der Waals surface area contributed by atoms with Crippen LogP contribution in [0.2, 0.25) is 0 Å². The Morgan fingerprint density at radius 3 is 1.57 bits per heavy atom. The molecule has 0 saturated heterocycles. The van der Waals surface area contributed by atoms with E-state index in [0.29, 0.717) is 0 Å². The zero-order valence-electron chi connectivity index (χ0n) is 3.45. The van der Waals surface area contributed by atoms with Crippen LogP contribution in [0.15, 0.2) is 0 Å². The van der Waals surface area contributed by atoms with Crippen LogP contribution in [-0.2, 0) is 38.6 Å². The van der Waals surface area contributed by atoms with Crippen molar-refractivity contribution in [3.05, 3.63) is 0 Å². The Morgan fingerprint density at radius 2 is 1.57 bits per heavy atom. The summed E-state index contributed by atoms with van der Waals surface area (Å²) in [5.74, 6) is -0.833. The quantitative estimate of drug-likeness (QED) is 0.593. The van der Waals surface area contributed by atoms with E-state index in [4.69, 9.17) is 9.90 Å². The molecular weight excluding hydrogens is 206 g/mol. The standard InChI is InChI=1S/C2H4O2.ClH.Co.Fe/c1-2(3)4;;;/h1H3,(H,3,4);1H;;. The largest absolute Gasteiger partial charge is 0.481 e. The van der Waals surface area contributed by atoms with Crippen molar-refractivity contribution in [2.24, 2.45) is 0 Å². The van der Waals surface area contributed by atoms with Gasteiger partial charge in [0.1, 0.15) is 0 Å². The van der Waals surface area contributed by atoms with Crippen molar-refractivity contribution in [2.75, 3.05) is 0 Å². The zero-order valence-corrected chi connectivity index (χ0v) is 6.41. The van der Waals surface area contributed by atoms with Gasteiger partial charge in [-0.2, -0.15) is 0 Å². The maximum Gasteiger partial charge on any atom is 0.300 e. The number of rotatable bonds is 0. The van der Waals surface area contributed by atoms with Gasteiger partial charge >= 0.3 is 0 Å². The molecule has 1 N–H and O–H groups in total. The number of carboxylic acid groups (broad SMARTS) is 1. The molecule has 0 atom stereocenters. The molecule has 0 aliphatic heterocycles. The second kappa shape index (κ2) is 15.8. The molecule has 2 nitrogen and oxygen atoms in total. The van der Waals surface area contributed by atoms with E-state index in [1.165, 1.54) is 0 Å². The maximum atomic E-state index is 9.00. The van der Waals surface area contributed by atoms with E-state index in [1.54, 1.807) is 0 Å². The molecule has 0 spiro atoms. The number of hydrogen-bond acceptors (Lipinski definition) is 1. The van der Waals surface area contributed by atoms with Gasteiger partial charge < -0.3 is 5.11 Å². The van der Waals surface area contributed by atoms with Crippen molar-refractivity contribution in [1.29, 1.82) is 0 Å². The maximum absolute atomic E-state index is 9.00. The summed E-state index contributed by atoms with van der Waals surface area (Å²) in [6, 6.07) is 0. The zero-order chi connectivity index (χ0) is 3.58. The van der Waals surface area contributed by atoms with Crippen LogP contribution in [0.3, 0.4) is 0 Å². The summed E-state index contributed by atoms with van der Waals surface area (Å²) >= 11 is 0. The topological polar surface area (TPSA) is 37.3 Å². The van der Waals surface area contributed by atoms with Crippen LogP contribution in [0.25, 0.3) is 0 Å². The predicted molar refractivity (Wildman–Crippen MR) is 20.6 cm³/mol. The first-order valence-electron chi connectivity index (χ1n) is 0.928. The molecule has 0 bridgehead atoms. The van der Waals surface area contributed by atoms with Crippen molar-refractivity contribution >= 4 is 18.4 Å². The van der Waals surface area contributed by atoms with Crippen LogP contribution in [-0.4, -0.2) is 11.1 Å². The van der Waals surface area contributed by atoms with Gasteiger partial charge in [-0.3, -0.25) is 4.79 Å². The average molecular weight is 211 g/mol. The van der Waals surface area contributed by atoms with Crippen LogP contribution in [0.4, 0.5) is 0 Å². The SMILES string of the molecule is CC(=O)O.Cl.[Co].[Fe]. The Labute approximate surface area is 69.1 Å². The number of carboxylic acids is 1. The second-order valence-corrected chi connectivity index (χ2v) is 0.519. The molecule has 0 fully saturated rings. The molecule has 0 aliphatic rings. The van der Waals surface area contributed by atoms with Crippen molar-refractivity contribution in [3.8, 4) is 0 Å². The van der Waals surface area contributed by atoms with Crippen LogP contribution in [0.1, 0.15) is 6.92 Å². The molecule has 0 rings (SSSR count). The minimum Gasteiger partial charge on any atom is -0.481 e. The molecule has 1 radical (unpaired) electrons. The summed E-state index contributed by atoms with van der Waals surface area (Å²) in [6.45, 7) is 1.08. The minimum absolute atomic E-state index is 0. The molecule has 0 saturated carbocycles. The Morgan fingerprint density at radius 1 is 1.57 bits per heavy atom. The fourth-order valence-electron chi connectivity index (χ4n) is 0. The molecule has 0 aromatic heterocycles. The van der Waals surface area contributed by atoms with Crippen molar-refractivity contribution in [2.45, 2.75) is 6.92 Å². The summed E-state index contributed by atoms with van der Waals surface area (Å²) < 4.78 is 0. The Balaban J connectivity index is -0.0000000150. The Kier molecular flexibility index (Phi) is 56.6. The minimum atomic E-state index is -0.833. The monoisotopic (exact) mass is 211 g/mol. The van der Waals surface area contributed by atoms with Gasteiger partial charge in [0.2, 0.25) is 0 Å². The molecule has 0 amide bonds. The van der Waals surface area contributed by atoms with Crippen molar-refractivity contribution in [3.63, 3.8) is 0 Å². The van der Waals surface area contributed by atoms with Gasteiger partial charge in [-0.1, -0.05) is 0 Å². The molecule has 5 heteroatoms. The fraction of sp³-hybridized carbons (Fsp3) is 0.500. The van der Waals surface area contributed by atoms with Gasteiger partial charge in [-0.25, -0.2) is 0 Å². The van der Waals surface area contributed by atoms with Gasteiger partial charge in [0.15, 0.2) is 0 Å². The molecule has 0 aromatic carbocycles. The van der Waals surface area contributed by atoms with E-state index in [-0.39, 0.29) is 46.3 Å². The molecule has 0 aromatic rings. The summed E-state index contributed by atoms with van der Waals surface area (Å²) in [4.78, 5) is 9.00. The van der Waals surface area contributed by atoms with E-state index in [0.717, 1.165) is 6.92 Å². The molecule has 49 valence electrons. The molecule has 0 aliphatic carbocycles. The summed E-state index contributed by atoms with van der Waals surface area (Å²) in [5.41, 5.74) is 0. The third-order valence-electron chi connectivity index (χ3n) is 0. The third kappa shape index (κ3) is 252. The second-order valence-electron chi connectivity index (χ2n) is 0.519. The first-order valence-corrected chi connectivity index (χ1v) is 0.928. The molecule has 0 unspecified atom stereocenters. The van der Waals surface area contributed by atoms with E-state index in [2.05, 4.69) is 0 Å². The first kappa shape index (κ1) is 25.0. The smallest absolute Gasteiger partial charge is 0.300 e. The molecular formula is C2H5ClCoFeO2. The van der Waals surface area contributed by atoms with Crippen LogP contribution >= 0.6 is 12.4 Å². The van der Waals surface area contributed by atoms with E-state index in [9.17, 15) is 0 Å². The van der Waals surface area contributed by atoms with Crippen molar-refractivity contribution in [1.82, 2.24) is 0 Å². The fourth-order valence-corrected chi connectivity index (χ4v) is 0. The van der Waals surface area contributed by atoms with E-state index >= 15 is 0 Å². The van der Waals surface area contributed by atoms with Crippen LogP contribution in [0, 0.1) is 0 Å². The van der Waals surface area contributed by atoms with E-state index in [1.807, 2.05) is 0 Å². The first-order chi connectivity index (χ1) is 1.73. The summed E-state index contributed by atoms with van der Waals surface area (Å²) in [6.07, 6.45) is 0. The molecule has 0 heterocycles. The number of carbonyl (C=O) groups is 1. The van der Waals surface area contributed by atoms with Gasteiger partial charge in [-0.15, -0.1) is 12.4 Å². The predicted octanol–water partition coefficient (Wildman–Crippen LogP) is 0.508. The number of halogens is 1.